The lowest BCUT2D eigenvalue weighted by atomic mass is 9.93. The molecule has 1 aromatic rings. The van der Waals surface area contributed by atoms with Gasteiger partial charge in [-0.1, -0.05) is 20.8 Å². The molecule has 0 aliphatic heterocycles. The van der Waals surface area contributed by atoms with Crippen LogP contribution in [0.4, 0.5) is 0 Å². The molecule has 5 nitrogen and oxygen atoms in total. The Bertz CT molecular complexity index is 461. The zero-order valence-electron chi connectivity index (χ0n) is 11.6. The standard InChI is InChI=1S/C13H19NO4S/c1-5-18-12(17)8(11(15)16)6-10-14-9(7-19-10)13(2,3)4/h7-8H,5-6H2,1-4H3,(H,15,16). The summed E-state index contributed by atoms with van der Waals surface area (Å²) in [5, 5.41) is 11.6. The Morgan fingerprint density at radius 3 is 2.53 bits per heavy atom. The summed E-state index contributed by atoms with van der Waals surface area (Å²) in [4.78, 5) is 27.1. The lowest BCUT2D eigenvalue weighted by Gasteiger charge is -2.14. The van der Waals surface area contributed by atoms with Crippen LogP contribution in [0.5, 0.6) is 0 Å². The van der Waals surface area contributed by atoms with Crippen LogP contribution in [0, 0.1) is 5.92 Å². The van der Waals surface area contributed by atoms with Gasteiger partial charge in [-0.3, -0.25) is 9.59 Å². The maximum Gasteiger partial charge on any atom is 0.320 e. The van der Waals surface area contributed by atoms with Crippen molar-refractivity contribution in [1.82, 2.24) is 4.98 Å². The van der Waals surface area contributed by atoms with E-state index in [9.17, 15) is 9.59 Å². The van der Waals surface area contributed by atoms with Crippen molar-refractivity contribution >= 4 is 23.3 Å². The number of carbonyl (C=O) groups is 2. The zero-order chi connectivity index (χ0) is 14.6. The number of hydrogen-bond acceptors (Lipinski definition) is 5. The van der Waals surface area contributed by atoms with Crippen molar-refractivity contribution in [2.45, 2.75) is 39.5 Å². The van der Waals surface area contributed by atoms with Gasteiger partial charge in [-0.05, 0) is 6.92 Å². The van der Waals surface area contributed by atoms with Crippen LogP contribution in [0.15, 0.2) is 5.38 Å². The molecule has 0 saturated carbocycles. The van der Waals surface area contributed by atoms with Crippen LogP contribution in [0.1, 0.15) is 38.4 Å². The number of hydrogen-bond donors (Lipinski definition) is 1. The molecule has 0 aromatic carbocycles. The van der Waals surface area contributed by atoms with Gasteiger partial charge < -0.3 is 9.84 Å². The van der Waals surface area contributed by atoms with Crippen molar-refractivity contribution in [2.24, 2.45) is 5.92 Å². The fourth-order valence-electron chi connectivity index (χ4n) is 1.44. The summed E-state index contributed by atoms with van der Waals surface area (Å²) in [5.74, 6) is -3.06. The van der Waals surface area contributed by atoms with Crippen LogP contribution < -0.4 is 0 Å². The first-order chi connectivity index (χ1) is 8.75. The molecule has 1 atom stereocenters. The largest absolute Gasteiger partial charge is 0.481 e. The fraction of sp³-hybridized carbons (Fsp3) is 0.615. The van der Waals surface area contributed by atoms with Crippen molar-refractivity contribution in [2.75, 3.05) is 6.61 Å². The van der Waals surface area contributed by atoms with E-state index in [-0.39, 0.29) is 18.4 Å². The molecule has 0 fully saturated rings. The summed E-state index contributed by atoms with van der Waals surface area (Å²) in [5.41, 5.74) is 0.817. The third-order valence-electron chi connectivity index (χ3n) is 2.57. The number of thiazole rings is 1. The number of carboxylic acid groups (broad SMARTS) is 1. The summed E-state index contributed by atoms with van der Waals surface area (Å²) in [6.45, 7) is 7.93. The minimum Gasteiger partial charge on any atom is -0.481 e. The first-order valence-electron chi connectivity index (χ1n) is 6.10. The van der Waals surface area contributed by atoms with E-state index in [1.807, 2.05) is 26.2 Å². The van der Waals surface area contributed by atoms with Gasteiger partial charge in [-0.15, -0.1) is 11.3 Å². The van der Waals surface area contributed by atoms with Gasteiger partial charge in [0.25, 0.3) is 0 Å². The molecule has 106 valence electrons. The smallest absolute Gasteiger partial charge is 0.320 e. The van der Waals surface area contributed by atoms with E-state index in [2.05, 4.69) is 4.98 Å². The van der Waals surface area contributed by atoms with Gasteiger partial charge in [-0.25, -0.2) is 4.98 Å². The summed E-state index contributed by atoms with van der Waals surface area (Å²) in [7, 11) is 0. The first kappa shape index (κ1) is 15.6. The Kier molecular flexibility index (Phi) is 5.05. The van der Waals surface area contributed by atoms with Crippen LogP contribution >= 0.6 is 11.3 Å². The molecule has 1 aromatic heterocycles. The van der Waals surface area contributed by atoms with E-state index in [0.717, 1.165) is 5.69 Å². The molecule has 1 rings (SSSR count). The third-order valence-corrected chi connectivity index (χ3v) is 3.44. The molecule has 0 bridgehead atoms. The lowest BCUT2D eigenvalue weighted by Crippen LogP contribution is -2.28. The minimum absolute atomic E-state index is 0.0783. The van der Waals surface area contributed by atoms with Gasteiger partial charge in [0, 0.05) is 17.2 Å². The predicted octanol–water partition coefficient (Wildman–Crippen LogP) is 2.25. The number of rotatable bonds is 5. The molecular formula is C13H19NO4S. The van der Waals surface area contributed by atoms with E-state index in [1.165, 1.54) is 11.3 Å². The highest BCUT2D eigenvalue weighted by Gasteiger charge is 2.29. The van der Waals surface area contributed by atoms with E-state index in [4.69, 9.17) is 9.84 Å². The minimum atomic E-state index is -1.18. The van der Waals surface area contributed by atoms with Gasteiger partial charge >= 0.3 is 11.9 Å². The molecule has 0 radical (unpaired) electrons. The van der Waals surface area contributed by atoms with Crippen LogP contribution in [-0.2, 0) is 26.2 Å². The SMILES string of the molecule is CCOC(=O)C(Cc1nc(C(C)(C)C)cs1)C(=O)O. The highest BCUT2D eigenvalue weighted by atomic mass is 32.1. The van der Waals surface area contributed by atoms with Crippen LogP contribution in [0.3, 0.4) is 0 Å². The van der Waals surface area contributed by atoms with Crippen molar-refractivity contribution in [3.05, 3.63) is 16.1 Å². The van der Waals surface area contributed by atoms with E-state index in [1.54, 1.807) is 6.92 Å². The van der Waals surface area contributed by atoms with Crippen LogP contribution in [-0.4, -0.2) is 28.6 Å². The molecule has 0 aliphatic rings. The topological polar surface area (TPSA) is 76.5 Å². The number of ether oxygens (including phenoxy) is 1. The second kappa shape index (κ2) is 6.14. The molecular weight excluding hydrogens is 266 g/mol. The lowest BCUT2D eigenvalue weighted by molar-refractivity contribution is -0.158. The molecule has 19 heavy (non-hydrogen) atoms. The summed E-state index contributed by atoms with van der Waals surface area (Å²) in [6, 6.07) is 0. The summed E-state index contributed by atoms with van der Waals surface area (Å²) < 4.78 is 4.77. The van der Waals surface area contributed by atoms with Crippen LogP contribution in [0.2, 0.25) is 0 Å². The van der Waals surface area contributed by atoms with Gasteiger partial charge in [0.1, 0.15) is 0 Å². The van der Waals surface area contributed by atoms with Crippen molar-refractivity contribution < 1.29 is 19.4 Å². The number of carboxylic acids is 1. The summed E-state index contributed by atoms with van der Waals surface area (Å²) in [6.07, 6.45) is 0.0783. The molecule has 0 spiro atoms. The Hall–Kier alpha value is -1.43. The molecule has 1 heterocycles. The Labute approximate surface area is 116 Å². The Balaban J connectivity index is 2.83. The molecule has 6 heteroatoms. The molecule has 0 saturated heterocycles. The van der Waals surface area contributed by atoms with Gasteiger partial charge in [0.15, 0.2) is 5.92 Å². The van der Waals surface area contributed by atoms with E-state index in [0.29, 0.717) is 5.01 Å². The maximum absolute atomic E-state index is 11.6. The van der Waals surface area contributed by atoms with Gasteiger partial charge in [0.2, 0.25) is 0 Å². The monoisotopic (exact) mass is 285 g/mol. The quantitative estimate of drug-likeness (QED) is 0.663. The highest BCUT2D eigenvalue weighted by molar-refractivity contribution is 7.09. The van der Waals surface area contributed by atoms with Crippen LogP contribution in [0.25, 0.3) is 0 Å². The summed E-state index contributed by atoms with van der Waals surface area (Å²) >= 11 is 1.38. The average Bonchev–Trinajstić information content (AvgIpc) is 2.73. The normalized spacial score (nSPS) is 13.1. The number of aromatic nitrogens is 1. The van der Waals surface area contributed by atoms with E-state index >= 15 is 0 Å². The van der Waals surface area contributed by atoms with E-state index < -0.39 is 17.9 Å². The van der Waals surface area contributed by atoms with Crippen molar-refractivity contribution in [3.63, 3.8) is 0 Å². The Morgan fingerprint density at radius 1 is 1.47 bits per heavy atom. The number of esters is 1. The molecule has 0 amide bonds. The predicted molar refractivity (Wildman–Crippen MR) is 72.3 cm³/mol. The molecule has 1 N–H and O–H groups in total. The van der Waals surface area contributed by atoms with Gasteiger partial charge in [0.05, 0.1) is 17.3 Å². The fourth-order valence-corrected chi connectivity index (χ4v) is 2.51. The second-order valence-corrected chi connectivity index (χ2v) is 6.17. The highest BCUT2D eigenvalue weighted by Crippen LogP contribution is 2.25. The number of nitrogens with zero attached hydrogens (tertiary/aromatic N) is 1. The second-order valence-electron chi connectivity index (χ2n) is 5.22. The number of aliphatic carboxylic acids is 1. The first-order valence-corrected chi connectivity index (χ1v) is 6.98. The molecule has 0 aliphatic carbocycles. The third kappa shape index (κ3) is 4.31. The van der Waals surface area contributed by atoms with Gasteiger partial charge in [-0.2, -0.15) is 0 Å². The van der Waals surface area contributed by atoms with Crippen molar-refractivity contribution in [1.29, 1.82) is 0 Å². The maximum atomic E-state index is 11.6. The zero-order valence-corrected chi connectivity index (χ0v) is 12.4. The number of carbonyl (C=O) groups excluding carboxylic acids is 1. The molecule has 1 unspecified atom stereocenters. The average molecular weight is 285 g/mol. The Morgan fingerprint density at radius 2 is 2.11 bits per heavy atom. The van der Waals surface area contributed by atoms with Crippen molar-refractivity contribution in [3.8, 4) is 0 Å².